The Morgan fingerprint density at radius 2 is 1.71 bits per heavy atom. The maximum Gasteiger partial charge on any atom is 0.261 e. The van der Waals surface area contributed by atoms with Gasteiger partial charge in [-0.25, -0.2) is 0 Å². The maximum atomic E-state index is 12.4. The molecule has 0 spiro atoms. The van der Waals surface area contributed by atoms with Gasteiger partial charge < -0.3 is 9.80 Å². The lowest BCUT2D eigenvalue weighted by Gasteiger charge is -2.32. The van der Waals surface area contributed by atoms with Crippen molar-refractivity contribution in [1.29, 1.82) is 0 Å². The van der Waals surface area contributed by atoms with Crippen molar-refractivity contribution in [3.8, 4) is 0 Å². The quantitative estimate of drug-likeness (QED) is 0.778. The number of piperazine rings is 1. The van der Waals surface area contributed by atoms with Crippen LogP contribution in [0.1, 0.15) is 39.1 Å². The third kappa shape index (κ3) is 3.19. The van der Waals surface area contributed by atoms with Crippen LogP contribution in [0.15, 0.2) is 18.2 Å². The summed E-state index contributed by atoms with van der Waals surface area (Å²) in [7, 11) is 2.05. The normalized spacial score (nSPS) is 18.2. The van der Waals surface area contributed by atoms with E-state index in [9.17, 15) is 14.4 Å². The minimum atomic E-state index is -0.248. The average molecular weight is 329 g/mol. The topological polar surface area (TPSA) is 60.9 Å². The fourth-order valence-corrected chi connectivity index (χ4v) is 3.21. The number of aryl methyl sites for hydroxylation is 1. The lowest BCUT2D eigenvalue weighted by molar-refractivity contribution is -0.132. The van der Waals surface area contributed by atoms with E-state index in [1.165, 1.54) is 4.90 Å². The number of benzene rings is 1. The molecule has 0 aliphatic carbocycles. The van der Waals surface area contributed by atoms with Crippen molar-refractivity contribution in [2.75, 3.05) is 39.8 Å². The second-order valence-electron chi connectivity index (χ2n) is 6.60. The molecule has 128 valence electrons. The predicted octanol–water partition coefficient (Wildman–Crippen LogP) is 1.15. The molecule has 3 amide bonds. The lowest BCUT2D eigenvalue weighted by Crippen LogP contribution is -2.47. The Morgan fingerprint density at radius 3 is 2.42 bits per heavy atom. The van der Waals surface area contributed by atoms with Crippen LogP contribution >= 0.6 is 0 Å². The van der Waals surface area contributed by atoms with Crippen LogP contribution < -0.4 is 0 Å². The molecule has 1 fully saturated rings. The van der Waals surface area contributed by atoms with E-state index < -0.39 is 0 Å². The first-order valence-electron chi connectivity index (χ1n) is 8.40. The molecule has 24 heavy (non-hydrogen) atoms. The van der Waals surface area contributed by atoms with Gasteiger partial charge in [-0.3, -0.25) is 19.3 Å². The van der Waals surface area contributed by atoms with E-state index in [1.807, 2.05) is 24.9 Å². The van der Waals surface area contributed by atoms with Gasteiger partial charge in [-0.15, -0.1) is 0 Å². The molecule has 2 aliphatic heterocycles. The Labute approximate surface area is 142 Å². The van der Waals surface area contributed by atoms with Gasteiger partial charge in [0.1, 0.15) is 0 Å². The zero-order valence-electron chi connectivity index (χ0n) is 14.2. The number of hydrogen-bond donors (Lipinski definition) is 0. The number of rotatable bonds is 4. The van der Waals surface area contributed by atoms with E-state index >= 15 is 0 Å². The third-order valence-electron chi connectivity index (χ3n) is 4.75. The first-order valence-corrected chi connectivity index (χ1v) is 8.40. The number of likely N-dealkylation sites (N-methyl/N-ethyl adjacent to an activating group) is 1. The summed E-state index contributed by atoms with van der Waals surface area (Å²) < 4.78 is 0. The van der Waals surface area contributed by atoms with Crippen LogP contribution in [-0.4, -0.2) is 72.2 Å². The molecule has 3 rings (SSSR count). The van der Waals surface area contributed by atoms with Crippen LogP contribution in [0, 0.1) is 6.92 Å². The van der Waals surface area contributed by atoms with Crippen LogP contribution in [0.2, 0.25) is 0 Å². The summed E-state index contributed by atoms with van der Waals surface area (Å²) in [6, 6.07) is 5.30. The third-order valence-corrected chi connectivity index (χ3v) is 4.75. The van der Waals surface area contributed by atoms with Crippen LogP contribution in [0.25, 0.3) is 0 Å². The highest BCUT2D eigenvalue weighted by atomic mass is 16.2. The zero-order valence-corrected chi connectivity index (χ0v) is 14.2. The molecular weight excluding hydrogens is 306 g/mol. The van der Waals surface area contributed by atoms with Gasteiger partial charge >= 0.3 is 0 Å². The van der Waals surface area contributed by atoms with E-state index in [1.54, 1.807) is 12.1 Å². The molecule has 0 unspecified atom stereocenters. The number of carbonyl (C=O) groups excluding carboxylic acids is 3. The number of fused-ring (bicyclic) bond motifs is 1. The fraction of sp³-hybridized carbons (Fsp3) is 0.500. The van der Waals surface area contributed by atoms with E-state index in [0.29, 0.717) is 30.5 Å². The van der Waals surface area contributed by atoms with Gasteiger partial charge in [0.2, 0.25) is 5.91 Å². The standard InChI is InChI=1S/C18H23N3O3/c1-13-5-6-14-15(12-13)18(24)21(17(14)23)7-3-4-16(22)20-10-8-19(2)9-11-20/h5-6,12H,3-4,7-11H2,1-2H3. The minimum Gasteiger partial charge on any atom is -0.340 e. The molecule has 1 aromatic rings. The molecule has 1 aromatic carbocycles. The molecule has 1 saturated heterocycles. The molecule has 0 bridgehead atoms. The van der Waals surface area contributed by atoms with E-state index in [4.69, 9.17) is 0 Å². The van der Waals surface area contributed by atoms with Gasteiger partial charge in [-0.2, -0.15) is 0 Å². The average Bonchev–Trinajstić information content (AvgIpc) is 2.79. The first kappa shape index (κ1) is 16.6. The summed E-state index contributed by atoms with van der Waals surface area (Å²) in [5.74, 6) is -0.386. The predicted molar refractivity (Wildman–Crippen MR) is 89.9 cm³/mol. The molecule has 0 radical (unpaired) electrons. The van der Waals surface area contributed by atoms with Crippen molar-refractivity contribution in [2.24, 2.45) is 0 Å². The molecule has 2 aliphatic rings. The van der Waals surface area contributed by atoms with Gasteiger partial charge in [0.15, 0.2) is 0 Å². The van der Waals surface area contributed by atoms with Crippen molar-refractivity contribution in [1.82, 2.24) is 14.7 Å². The SMILES string of the molecule is Cc1ccc2c(c1)C(=O)N(CCCC(=O)N1CCN(C)CC1)C2=O. The highest BCUT2D eigenvalue weighted by Crippen LogP contribution is 2.24. The maximum absolute atomic E-state index is 12.4. The molecular formula is C18H23N3O3. The zero-order chi connectivity index (χ0) is 17.3. The second-order valence-corrected chi connectivity index (χ2v) is 6.60. The number of imide groups is 1. The Bertz CT molecular complexity index is 678. The summed E-state index contributed by atoms with van der Waals surface area (Å²) in [5.41, 5.74) is 1.91. The van der Waals surface area contributed by atoms with Crippen LogP contribution in [-0.2, 0) is 4.79 Å². The van der Waals surface area contributed by atoms with Crippen molar-refractivity contribution in [3.63, 3.8) is 0 Å². The fourth-order valence-electron chi connectivity index (χ4n) is 3.21. The van der Waals surface area contributed by atoms with Crippen molar-refractivity contribution in [3.05, 3.63) is 34.9 Å². The summed E-state index contributed by atoms with van der Waals surface area (Å²) >= 11 is 0. The number of amides is 3. The van der Waals surface area contributed by atoms with Gasteiger partial charge in [-0.1, -0.05) is 11.6 Å². The molecule has 0 N–H and O–H groups in total. The molecule has 0 saturated carbocycles. The van der Waals surface area contributed by atoms with E-state index in [0.717, 1.165) is 31.7 Å². The largest absolute Gasteiger partial charge is 0.340 e. The highest BCUT2D eigenvalue weighted by Gasteiger charge is 2.35. The molecule has 6 nitrogen and oxygen atoms in total. The molecule has 0 atom stereocenters. The summed E-state index contributed by atoms with van der Waals surface area (Å²) in [6.45, 7) is 5.48. The minimum absolute atomic E-state index is 0.107. The lowest BCUT2D eigenvalue weighted by atomic mass is 10.1. The van der Waals surface area contributed by atoms with Crippen molar-refractivity contribution in [2.45, 2.75) is 19.8 Å². The van der Waals surface area contributed by atoms with Crippen LogP contribution in [0.3, 0.4) is 0 Å². The van der Waals surface area contributed by atoms with Gasteiger partial charge in [0.05, 0.1) is 11.1 Å². The van der Waals surface area contributed by atoms with E-state index in [2.05, 4.69) is 4.90 Å². The van der Waals surface area contributed by atoms with Crippen molar-refractivity contribution < 1.29 is 14.4 Å². The molecule has 0 aromatic heterocycles. The second kappa shape index (κ2) is 6.73. The number of hydrogen-bond acceptors (Lipinski definition) is 4. The Morgan fingerprint density at radius 1 is 1.04 bits per heavy atom. The van der Waals surface area contributed by atoms with Gasteiger partial charge in [-0.05, 0) is 32.5 Å². The first-order chi connectivity index (χ1) is 11.5. The number of nitrogens with zero attached hydrogens (tertiary/aromatic N) is 3. The van der Waals surface area contributed by atoms with Gasteiger partial charge in [0, 0.05) is 39.1 Å². The van der Waals surface area contributed by atoms with Gasteiger partial charge in [0.25, 0.3) is 11.8 Å². The Balaban J connectivity index is 1.53. The highest BCUT2D eigenvalue weighted by molar-refractivity contribution is 6.21. The summed E-state index contributed by atoms with van der Waals surface area (Å²) in [4.78, 5) is 42.3. The number of carbonyl (C=O) groups is 3. The van der Waals surface area contributed by atoms with Crippen LogP contribution in [0.5, 0.6) is 0 Å². The Hall–Kier alpha value is -2.21. The monoisotopic (exact) mass is 329 g/mol. The van der Waals surface area contributed by atoms with E-state index in [-0.39, 0.29) is 17.7 Å². The molecule has 6 heteroatoms. The smallest absolute Gasteiger partial charge is 0.261 e. The summed E-state index contributed by atoms with van der Waals surface area (Å²) in [5, 5.41) is 0. The molecule has 2 heterocycles. The van der Waals surface area contributed by atoms with Crippen molar-refractivity contribution >= 4 is 17.7 Å². The van der Waals surface area contributed by atoms with Crippen LogP contribution in [0.4, 0.5) is 0 Å². The summed E-state index contributed by atoms with van der Waals surface area (Å²) in [6.07, 6.45) is 0.881. The Kier molecular flexibility index (Phi) is 4.66.